The Bertz CT molecular complexity index is 920. The van der Waals surface area contributed by atoms with Crippen LogP contribution in [0.5, 0.6) is 0 Å². The molecular weight excluding hydrogens is 386 g/mol. The third-order valence-corrected chi connectivity index (χ3v) is 4.41. The standard InChI is InChI=1S/C18H22ClN5O4/c1-18(2,3)28-17(27)24-6-4-5-13(24)16(26)23-22-15(25)11-7-10-8-14(19)20-9-12(10)21-11/h7-9,13,21H,4-6H2,1-3H3,(H,22,25)(H,23,26)/t13-/m0/s1. The van der Waals surface area contributed by atoms with E-state index in [1.54, 1.807) is 32.9 Å². The van der Waals surface area contributed by atoms with E-state index in [0.29, 0.717) is 30.1 Å². The van der Waals surface area contributed by atoms with Gasteiger partial charge in [-0.2, -0.15) is 0 Å². The summed E-state index contributed by atoms with van der Waals surface area (Å²) in [4.78, 5) is 45.3. The zero-order valence-electron chi connectivity index (χ0n) is 15.8. The SMILES string of the molecule is CC(C)(C)OC(=O)N1CCC[C@H]1C(=O)NNC(=O)c1cc2cc(Cl)ncc2[nH]1. The van der Waals surface area contributed by atoms with Gasteiger partial charge in [0.2, 0.25) is 0 Å². The van der Waals surface area contributed by atoms with Crippen molar-refractivity contribution in [1.82, 2.24) is 25.7 Å². The average Bonchev–Trinajstić information content (AvgIpc) is 3.24. The van der Waals surface area contributed by atoms with Gasteiger partial charge in [-0.05, 0) is 45.7 Å². The first-order valence-electron chi connectivity index (χ1n) is 8.88. The zero-order valence-corrected chi connectivity index (χ0v) is 16.6. The molecule has 0 unspecified atom stereocenters. The van der Waals surface area contributed by atoms with Gasteiger partial charge in [-0.1, -0.05) is 11.6 Å². The fraction of sp³-hybridized carbons (Fsp3) is 0.444. The third-order valence-electron chi connectivity index (χ3n) is 4.20. The van der Waals surface area contributed by atoms with Crippen molar-refractivity contribution in [3.8, 4) is 0 Å². The largest absolute Gasteiger partial charge is 0.444 e. The molecule has 0 bridgehead atoms. The zero-order chi connectivity index (χ0) is 20.5. The lowest BCUT2D eigenvalue weighted by Crippen LogP contribution is -2.52. The van der Waals surface area contributed by atoms with E-state index in [4.69, 9.17) is 16.3 Å². The average molecular weight is 408 g/mol. The van der Waals surface area contributed by atoms with Crippen molar-refractivity contribution in [2.45, 2.75) is 45.3 Å². The summed E-state index contributed by atoms with van der Waals surface area (Å²) in [6.45, 7) is 5.72. The Labute approximate surface area is 166 Å². The highest BCUT2D eigenvalue weighted by molar-refractivity contribution is 6.30. The molecule has 3 heterocycles. The molecule has 0 aliphatic carbocycles. The number of fused-ring (bicyclic) bond motifs is 1. The Morgan fingerprint density at radius 3 is 2.75 bits per heavy atom. The minimum Gasteiger partial charge on any atom is -0.444 e. The third kappa shape index (κ3) is 4.53. The summed E-state index contributed by atoms with van der Waals surface area (Å²) < 4.78 is 5.34. The smallest absolute Gasteiger partial charge is 0.410 e. The van der Waals surface area contributed by atoms with E-state index in [9.17, 15) is 14.4 Å². The van der Waals surface area contributed by atoms with Crippen LogP contribution in [-0.4, -0.2) is 51.0 Å². The molecule has 0 spiro atoms. The van der Waals surface area contributed by atoms with Crippen molar-refractivity contribution in [2.24, 2.45) is 0 Å². The van der Waals surface area contributed by atoms with Crippen molar-refractivity contribution < 1.29 is 19.1 Å². The number of aromatic nitrogens is 2. The summed E-state index contributed by atoms with van der Waals surface area (Å²) in [5.74, 6) is -1.000. The Morgan fingerprint density at radius 1 is 1.29 bits per heavy atom. The minimum atomic E-state index is -0.694. The van der Waals surface area contributed by atoms with Crippen LogP contribution in [0.2, 0.25) is 5.15 Å². The second kappa shape index (κ2) is 7.67. The van der Waals surface area contributed by atoms with E-state index in [1.807, 2.05) is 0 Å². The molecule has 1 fully saturated rings. The maximum Gasteiger partial charge on any atom is 0.410 e. The monoisotopic (exact) mass is 407 g/mol. The first kappa shape index (κ1) is 19.9. The number of rotatable bonds is 2. The molecule has 3 N–H and O–H groups in total. The number of amides is 3. The van der Waals surface area contributed by atoms with Crippen LogP contribution in [0.4, 0.5) is 4.79 Å². The minimum absolute atomic E-state index is 0.245. The first-order chi connectivity index (χ1) is 13.1. The number of nitrogens with zero attached hydrogens (tertiary/aromatic N) is 2. The number of ether oxygens (including phenoxy) is 1. The molecule has 150 valence electrons. The van der Waals surface area contributed by atoms with Crippen molar-refractivity contribution >= 4 is 40.4 Å². The van der Waals surface area contributed by atoms with E-state index in [-0.39, 0.29) is 5.69 Å². The normalized spacial score (nSPS) is 16.9. The van der Waals surface area contributed by atoms with Crippen LogP contribution in [0.25, 0.3) is 10.9 Å². The molecule has 1 aliphatic heterocycles. The van der Waals surface area contributed by atoms with E-state index in [2.05, 4.69) is 20.8 Å². The fourth-order valence-electron chi connectivity index (χ4n) is 2.97. The molecule has 10 heteroatoms. The van der Waals surface area contributed by atoms with Gasteiger partial charge in [0, 0.05) is 11.9 Å². The van der Waals surface area contributed by atoms with Gasteiger partial charge < -0.3 is 9.72 Å². The lowest BCUT2D eigenvalue weighted by molar-refractivity contribution is -0.126. The van der Waals surface area contributed by atoms with Gasteiger partial charge in [0.1, 0.15) is 22.5 Å². The molecule has 1 aliphatic rings. The van der Waals surface area contributed by atoms with Crippen LogP contribution >= 0.6 is 11.6 Å². The number of pyridine rings is 1. The Hall–Kier alpha value is -2.81. The number of hydrazine groups is 1. The summed E-state index contributed by atoms with van der Waals surface area (Å²) >= 11 is 5.84. The highest BCUT2D eigenvalue weighted by atomic mass is 35.5. The number of aromatic amines is 1. The van der Waals surface area contributed by atoms with Crippen LogP contribution in [-0.2, 0) is 9.53 Å². The molecule has 28 heavy (non-hydrogen) atoms. The highest BCUT2D eigenvalue weighted by Gasteiger charge is 2.36. The van der Waals surface area contributed by atoms with Gasteiger partial charge in [0.25, 0.3) is 11.8 Å². The van der Waals surface area contributed by atoms with E-state index < -0.39 is 29.6 Å². The molecule has 3 rings (SSSR count). The van der Waals surface area contributed by atoms with Crippen LogP contribution in [0.3, 0.4) is 0 Å². The van der Waals surface area contributed by atoms with E-state index in [0.717, 1.165) is 5.39 Å². The quantitative estimate of drug-likeness (QED) is 0.522. The Kier molecular flexibility index (Phi) is 5.46. The maximum atomic E-state index is 12.5. The van der Waals surface area contributed by atoms with Gasteiger partial charge in [-0.3, -0.25) is 25.3 Å². The second-order valence-corrected chi connectivity index (χ2v) is 7.94. The molecular formula is C18H22ClN5O4. The van der Waals surface area contributed by atoms with Crippen LogP contribution in [0, 0.1) is 0 Å². The number of carbonyl (C=O) groups excluding carboxylic acids is 3. The number of carbonyl (C=O) groups is 3. The Morgan fingerprint density at radius 2 is 2.04 bits per heavy atom. The molecule has 1 saturated heterocycles. The van der Waals surface area contributed by atoms with Crippen molar-refractivity contribution in [1.29, 1.82) is 0 Å². The summed E-state index contributed by atoms with van der Waals surface area (Å²) in [7, 11) is 0. The van der Waals surface area contributed by atoms with Crippen molar-refractivity contribution in [3.63, 3.8) is 0 Å². The molecule has 0 saturated carbocycles. The summed E-state index contributed by atoms with van der Waals surface area (Å²) in [6, 6.07) is 2.54. The molecule has 2 aromatic heterocycles. The summed E-state index contributed by atoms with van der Waals surface area (Å²) in [5.41, 5.74) is 4.97. The molecule has 2 aromatic rings. The van der Waals surface area contributed by atoms with Gasteiger partial charge in [-0.15, -0.1) is 0 Å². The second-order valence-electron chi connectivity index (χ2n) is 7.55. The maximum absolute atomic E-state index is 12.5. The molecule has 3 amide bonds. The van der Waals surface area contributed by atoms with E-state index in [1.165, 1.54) is 11.1 Å². The number of nitrogens with one attached hydrogen (secondary N) is 3. The van der Waals surface area contributed by atoms with Gasteiger partial charge in [0.05, 0.1) is 11.7 Å². The molecule has 0 aromatic carbocycles. The lowest BCUT2D eigenvalue weighted by Gasteiger charge is -2.27. The Balaban J connectivity index is 1.60. The lowest BCUT2D eigenvalue weighted by atomic mass is 10.2. The number of hydrogen-bond donors (Lipinski definition) is 3. The van der Waals surface area contributed by atoms with Crippen molar-refractivity contribution in [3.05, 3.63) is 29.2 Å². The predicted octanol–water partition coefficient (Wildman–Crippen LogP) is 2.38. The molecule has 0 radical (unpaired) electrons. The van der Waals surface area contributed by atoms with Gasteiger partial charge in [-0.25, -0.2) is 9.78 Å². The van der Waals surface area contributed by atoms with Crippen molar-refractivity contribution in [2.75, 3.05) is 6.54 Å². The molecule has 1 atom stereocenters. The van der Waals surface area contributed by atoms with Crippen LogP contribution < -0.4 is 10.9 Å². The topological polar surface area (TPSA) is 116 Å². The number of likely N-dealkylation sites (tertiary alicyclic amines) is 1. The number of halogens is 1. The number of H-pyrrole nitrogens is 1. The highest BCUT2D eigenvalue weighted by Crippen LogP contribution is 2.21. The summed E-state index contributed by atoms with van der Waals surface area (Å²) in [6.07, 6.45) is 2.15. The van der Waals surface area contributed by atoms with Gasteiger partial charge >= 0.3 is 6.09 Å². The fourth-order valence-corrected chi connectivity index (χ4v) is 3.14. The van der Waals surface area contributed by atoms with E-state index >= 15 is 0 Å². The first-order valence-corrected chi connectivity index (χ1v) is 9.26. The van der Waals surface area contributed by atoms with Gasteiger partial charge in [0.15, 0.2) is 0 Å². The summed E-state index contributed by atoms with van der Waals surface area (Å²) in [5, 5.41) is 1.04. The van der Waals surface area contributed by atoms with Crippen LogP contribution in [0.1, 0.15) is 44.1 Å². The molecule has 9 nitrogen and oxygen atoms in total. The van der Waals surface area contributed by atoms with Crippen LogP contribution in [0.15, 0.2) is 18.3 Å². The number of hydrogen-bond acceptors (Lipinski definition) is 5. The predicted molar refractivity (Wildman–Crippen MR) is 103 cm³/mol.